The van der Waals surface area contributed by atoms with Crippen molar-refractivity contribution in [2.75, 3.05) is 0 Å². The van der Waals surface area contributed by atoms with Crippen LogP contribution in [-0.4, -0.2) is 16.8 Å². The summed E-state index contributed by atoms with van der Waals surface area (Å²) in [4.78, 5) is 30.5. The molecule has 2 N–H and O–H groups in total. The van der Waals surface area contributed by atoms with Gasteiger partial charge in [-0.2, -0.15) is 11.3 Å². The topological polar surface area (TPSA) is 71.1 Å². The Morgan fingerprint density at radius 1 is 0.812 bits per heavy atom. The van der Waals surface area contributed by atoms with Gasteiger partial charge in [-0.05, 0) is 28.6 Å². The fourth-order valence-electron chi connectivity index (χ4n) is 3.00. The summed E-state index contributed by atoms with van der Waals surface area (Å²) in [5.41, 5.74) is 3.55. The molecule has 0 spiro atoms. The number of aromatic nitrogens is 1. The lowest BCUT2D eigenvalue weighted by atomic mass is 10.1. The molecule has 4 rings (SSSR count). The predicted octanol–water partition coefficient (Wildman–Crippen LogP) is 4.89. The largest absolute Gasteiger partial charge is 0.348 e. The number of thiazole rings is 1. The van der Waals surface area contributed by atoms with E-state index in [0.717, 1.165) is 21.7 Å². The average molecular weight is 460 g/mol. The van der Waals surface area contributed by atoms with Gasteiger partial charge in [-0.3, -0.25) is 9.59 Å². The zero-order valence-corrected chi connectivity index (χ0v) is 18.8. The number of thiophene rings is 1. The predicted molar refractivity (Wildman–Crippen MR) is 130 cm³/mol. The number of nitrogens with one attached hydrogen (secondary N) is 2. The van der Waals surface area contributed by atoms with Gasteiger partial charge in [-0.1, -0.05) is 60.7 Å². The highest BCUT2D eigenvalue weighted by atomic mass is 32.1. The van der Waals surface area contributed by atoms with E-state index in [1.165, 1.54) is 11.3 Å². The fourth-order valence-corrected chi connectivity index (χ4v) is 4.49. The quantitative estimate of drug-likeness (QED) is 0.224. The molecule has 0 atom stereocenters. The van der Waals surface area contributed by atoms with Gasteiger partial charge in [-0.15, -0.1) is 11.3 Å². The Balaban J connectivity index is 1.53. The Morgan fingerprint density at radius 2 is 1.41 bits per heavy atom. The van der Waals surface area contributed by atoms with Crippen molar-refractivity contribution in [2.45, 2.75) is 13.1 Å². The minimum atomic E-state index is -0.440. The minimum absolute atomic E-state index is 0.0269. The first kappa shape index (κ1) is 21.7. The maximum absolute atomic E-state index is 12.9. The third kappa shape index (κ3) is 5.78. The van der Waals surface area contributed by atoms with Crippen LogP contribution in [0.2, 0.25) is 0 Å². The normalized spacial score (nSPS) is 10.4. The molecule has 0 saturated carbocycles. The summed E-state index contributed by atoms with van der Waals surface area (Å²) < 4.78 is 0. The lowest BCUT2D eigenvalue weighted by Gasteiger charge is -2.10. The molecule has 0 aliphatic carbocycles. The lowest BCUT2D eigenvalue weighted by Crippen LogP contribution is -2.34. The Labute approximate surface area is 194 Å². The molecule has 0 unspecified atom stereocenters. The number of carbonyl (C=O) groups excluding carboxylic acids is 2. The summed E-state index contributed by atoms with van der Waals surface area (Å²) in [6.07, 6.45) is 1.55. The molecule has 0 aliphatic heterocycles. The van der Waals surface area contributed by atoms with Gasteiger partial charge in [0.05, 0.1) is 5.69 Å². The molecular weight excluding hydrogens is 438 g/mol. The third-order valence-corrected chi connectivity index (χ3v) is 6.26. The van der Waals surface area contributed by atoms with E-state index in [1.807, 2.05) is 82.9 Å². The molecule has 0 aliphatic rings. The Hall–Kier alpha value is -3.55. The van der Waals surface area contributed by atoms with Crippen molar-refractivity contribution in [3.8, 4) is 10.6 Å². The zero-order chi connectivity index (χ0) is 22.2. The van der Waals surface area contributed by atoms with Gasteiger partial charge < -0.3 is 10.6 Å². The Morgan fingerprint density at radius 3 is 1.94 bits per heavy atom. The third-order valence-electron chi connectivity index (χ3n) is 4.66. The number of nitrogens with zero attached hydrogens (tertiary/aromatic N) is 1. The zero-order valence-electron chi connectivity index (χ0n) is 17.2. The van der Waals surface area contributed by atoms with Gasteiger partial charge in [0.1, 0.15) is 10.6 Å². The monoisotopic (exact) mass is 459 g/mol. The Kier molecular flexibility index (Phi) is 7.22. The number of amides is 2. The van der Waals surface area contributed by atoms with E-state index >= 15 is 0 Å². The summed E-state index contributed by atoms with van der Waals surface area (Å²) in [6.45, 7) is 0.667. The molecule has 0 radical (unpaired) electrons. The molecule has 0 fully saturated rings. The second-order valence-corrected chi connectivity index (χ2v) is 8.62. The van der Waals surface area contributed by atoms with Gasteiger partial charge in [0, 0.05) is 29.4 Å². The molecule has 2 heterocycles. The standard InChI is InChI=1S/C25H21N3O2S2/c29-23(26-14-18-7-3-1-4-8-18)22(24(30)27-15-19-9-5-2-6-10-19)13-21-17-32-25(28-21)20-11-12-31-16-20/h1-13,16-17H,14-15H2,(H,26,29)(H,27,30). The summed E-state index contributed by atoms with van der Waals surface area (Å²) in [6, 6.07) is 21.2. The van der Waals surface area contributed by atoms with E-state index in [2.05, 4.69) is 15.6 Å². The molecule has 2 aromatic carbocycles. The highest BCUT2D eigenvalue weighted by molar-refractivity contribution is 7.14. The van der Waals surface area contributed by atoms with E-state index < -0.39 is 11.8 Å². The number of hydrogen-bond acceptors (Lipinski definition) is 5. The van der Waals surface area contributed by atoms with Crippen LogP contribution < -0.4 is 10.6 Å². The van der Waals surface area contributed by atoms with Crippen molar-refractivity contribution < 1.29 is 9.59 Å². The first-order chi connectivity index (χ1) is 15.7. The summed E-state index contributed by atoms with van der Waals surface area (Å²) in [5, 5.41) is 12.4. The van der Waals surface area contributed by atoms with Crippen LogP contribution >= 0.6 is 22.7 Å². The van der Waals surface area contributed by atoms with Gasteiger partial charge in [0.2, 0.25) is 0 Å². The van der Waals surface area contributed by atoms with E-state index in [1.54, 1.807) is 17.4 Å². The molecule has 2 aromatic heterocycles. The number of rotatable bonds is 8. The van der Waals surface area contributed by atoms with Gasteiger partial charge in [0.15, 0.2) is 0 Å². The van der Waals surface area contributed by atoms with Crippen LogP contribution in [0.5, 0.6) is 0 Å². The summed E-state index contributed by atoms with van der Waals surface area (Å²) in [7, 11) is 0. The van der Waals surface area contributed by atoms with E-state index in [9.17, 15) is 9.59 Å². The molecule has 32 heavy (non-hydrogen) atoms. The average Bonchev–Trinajstić information content (AvgIpc) is 3.53. The maximum atomic E-state index is 12.9. The fraction of sp³-hybridized carbons (Fsp3) is 0.0800. The van der Waals surface area contributed by atoms with E-state index in [0.29, 0.717) is 18.8 Å². The van der Waals surface area contributed by atoms with E-state index in [4.69, 9.17) is 0 Å². The number of carbonyl (C=O) groups is 2. The van der Waals surface area contributed by atoms with Crippen molar-refractivity contribution in [1.29, 1.82) is 0 Å². The van der Waals surface area contributed by atoms with Crippen molar-refractivity contribution in [1.82, 2.24) is 15.6 Å². The molecule has 5 nitrogen and oxygen atoms in total. The molecule has 2 amide bonds. The first-order valence-corrected chi connectivity index (χ1v) is 11.9. The van der Waals surface area contributed by atoms with Crippen LogP contribution in [0.3, 0.4) is 0 Å². The molecule has 7 heteroatoms. The number of benzene rings is 2. The molecule has 4 aromatic rings. The highest BCUT2D eigenvalue weighted by Gasteiger charge is 2.19. The first-order valence-electron chi connectivity index (χ1n) is 10.0. The molecular formula is C25H21N3O2S2. The second kappa shape index (κ2) is 10.7. The molecule has 0 bridgehead atoms. The van der Waals surface area contributed by atoms with Crippen molar-refractivity contribution in [3.63, 3.8) is 0 Å². The van der Waals surface area contributed by atoms with Crippen LogP contribution in [0.1, 0.15) is 16.8 Å². The van der Waals surface area contributed by atoms with Crippen molar-refractivity contribution in [3.05, 3.63) is 105 Å². The van der Waals surface area contributed by atoms with Crippen LogP contribution in [0.15, 0.2) is 88.4 Å². The van der Waals surface area contributed by atoms with Crippen LogP contribution in [0.4, 0.5) is 0 Å². The van der Waals surface area contributed by atoms with Crippen LogP contribution in [0, 0.1) is 0 Å². The van der Waals surface area contributed by atoms with Gasteiger partial charge >= 0.3 is 0 Å². The van der Waals surface area contributed by atoms with Crippen LogP contribution in [-0.2, 0) is 22.7 Å². The molecule has 160 valence electrons. The second-order valence-electron chi connectivity index (χ2n) is 6.98. The Bertz CT molecular complexity index is 1140. The van der Waals surface area contributed by atoms with Crippen LogP contribution in [0.25, 0.3) is 16.6 Å². The minimum Gasteiger partial charge on any atom is -0.348 e. The van der Waals surface area contributed by atoms with E-state index in [-0.39, 0.29) is 5.57 Å². The lowest BCUT2D eigenvalue weighted by molar-refractivity contribution is -0.123. The maximum Gasteiger partial charge on any atom is 0.257 e. The van der Waals surface area contributed by atoms with Crippen molar-refractivity contribution >= 4 is 40.6 Å². The van der Waals surface area contributed by atoms with Crippen molar-refractivity contribution in [2.24, 2.45) is 0 Å². The number of hydrogen-bond donors (Lipinski definition) is 2. The smallest absolute Gasteiger partial charge is 0.257 e. The summed E-state index contributed by atoms with van der Waals surface area (Å²) in [5.74, 6) is -0.881. The van der Waals surface area contributed by atoms with Gasteiger partial charge in [0.25, 0.3) is 11.8 Å². The highest BCUT2D eigenvalue weighted by Crippen LogP contribution is 2.26. The van der Waals surface area contributed by atoms with Gasteiger partial charge in [-0.25, -0.2) is 4.98 Å². The molecule has 0 saturated heterocycles. The summed E-state index contributed by atoms with van der Waals surface area (Å²) >= 11 is 3.08. The SMILES string of the molecule is O=C(NCc1ccccc1)C(=Cc1csc(-c2ccsc2)n1)C(=O)NCc1ccccc1.